The number of rotatable bonds is 5. The molecule has 0 aliphatic carbocycles. The van der Waals surface area contributed by atoms with Gasteiger partial charge in [0.2, 0.25) is 0 Å². The molecule has 0 saturated heterocycles. The molecule has 0 fully saturated rings. The minimum atomic E-state index is 0.510. The molecule has 19 heavy (non-hydrogen) atoms. The summed E-state index contributed by atoms with van der Waals surface area (Å²) >= 11 is 3.47. The first-order chi connectivity index (χ1) is 9.10. The zero-order valence-electron chi connectivity index (χ0n) is 11.2. The highest BCUT2D eigenvalue weighted by Gasteiger charge is 2.07. The Bertz CT molecular complexity index is 566. The Labute approximate surface area is 121 Å². The largest absolute Gasteiger partial charge is 0.487 e. The van der Waals surface area contributed by atoms with Crippen LogP contribution in [0.3, 0.4) is 0 Å². The van der Waals surface area contributed by atoms with Gasteiger partial charge in [0.25, 0.3) is 0 Å². The molecule has 0 radical (unpaired) electrons. The predicted octanol–water partition coefficient (Wildman–Crippen LogP) is 2.57. The number of hydrogen-bond acceptors (Lipinski definition) is 3. The summed E-state index contributed by atoms with van der Waals surface area (Å²) in [5.41, 5.74) is 8.80. The maximum atomic E-state index is 5.89. The number of nitrogens with zero attached hydrogens (tertiary/aromatic N) is 2. The van der Waals surface area contributed by atoms with Crippen LogP contribution in [0.5, 0.6) is 5.75 Å². The molecule has 0 saturated carbocycles. The van der Waals surface area contributed by atoms with Gasteiger partial charge in [-0.25, -0.2) is 0 Å². The van der Waals surface area contributed by atoms with Gasteiger partial charge in [0.1, 0.15) is 12.4 Å². The number of aromatic nitrogens is 2. The summed E-state index contributed by atoms with van der Waals surface area (Å²) in [4.78, 5) is 0. The highest BCUT2D eigenvalue weighted by molar-refractivity contribution is 9.10. The first-order valence-electron chi connectivity index (χ1n) is 6.21. The van der Waals surface area contributed by atoms with Gasteiger partial charge in [-0.2, -0.15) is 5.10 Å². The van der Waals surface area contributed by atoms with Crippen molar-refractivity contribution in [3.8, 4) is 5.75 Å². The van der Waals surface area contributed by atoms with Crippen molar-refractivity contribution < 1.29 is 4.74 Å². The Balaban J connectivity index is 2.12. The lowest BCUT2D eigenvalue weighted by Crippen LogP contribution is -2.07. The van der Waals surface area contributed by atoms with Gasteiger partial charge in [0, 0.05) is 11.5 Å². The lowest BCUT2D eigenvalue weighted by atomic mass is 10.1. The van der Waals surface area contributed by atoms with Gasteiger partial charge in [-0.15, -0.1) is 0 Å². The van der Waals surface area contributed by atoms with E-state index in [0.717, 1.165) is 33.6 Å². The quantitative estimate of drug-likeness (QED) is 0.920. The average Bonchev–Trinajstić information content (AvgIpc) is 2.67. The van der Waals surface area contributed by atoms with Crippen LogP contribution in [0.4, 0.5) is 0 Å². The highest BCUT2D eigenvalue weighted by atomic mass is 79.9. The van der Waals surface area contributed by atoms with Gasteiger partial charge in [-0.3, -0.25) is 4.68 Å². The number of benzene rings is 1. The minimum absolute atomic E-state index is 0.510. The fourth-order valence-corrected chi connectivity index (χ4v) is 2.40. The summed E-state index contributed by atoms with van der Waals surface area (Å²) in [5, 5.41) is 4.31. The summed E-state index contributed by atoms with van der Waals surface area (Å²) in [5.74, 6) is 0.882. The van der Waals surface area contributed by atoms with Crippen LogP contribution < -0.4 is 10.5 Å². The minimum Gasteiger partial charge on any atom is -0.487 e. The van der Waals surface area contributed by atoms with Crippen molar-refractivity contribution >= 4 is 15.9 Å². The standard InChI is InChI=1S/C14H18BrN3O/c1-10-7-13(18(2)17-10)9-19-14-4-3-12(15)8-11(14)5-6-16/h3-4,7-8H,5-6,9,16H2,1-2H3. The number of ether oxygens (including phenoxy) is 1. The van der Waals surface area contributed by atoms with E-state index in [1.807, 2.05) is 36.9 Å². The Morgan fingerprint density at radius 1 is 1.37 bits per heavy atom. The first-order valence-corrected chi connectivity index (χ1v) is 7.00. The normalized spacial score (nSPS) is 10.7. The predicted molar refractivity (Wildman–Crippen MR) is 79.2 cm³/mol. The second-order valence-corrected chi connectivity index (χ2v) is 5.40. The van der Waals surface area contributed by atoms with Crippen molar-refractivity contribution in [3.63, 3.8) is 0 Å². The van der Waals surface area contributed by atoms with Crippen LogP contribution in [0.15, 0.2) is 28.7 Å². The van der Waals surface area contributed by atoms with E-state index < -0.39 is 0 Å². The van der Waals surface area contributed by atoms with Gasteiger partial charge in [0.05, 0.1) is 11.4 Å². The molecule has 0 bridgehead atoms. The molecule has 1 heterocycles. The Morgan fingerprint density at radius 3 is 2.79 bits per heavy atom. The maximum absolute atomic E-state index is 5.89. The van der Waals surface area contributed by atoms with Gasteiger partial charge < -0.3 is 10.5 Å². The van der Waals surface area contributed by atoms with Crippen molar-refractivity contribution in [1.82, 2.24) is 9.78 Å². The SMILES string of the molecule is Cc1cc(COc2ccc(Br)cc2CCN)n(C)n1. The first kappa shape index (κ1) is 14.1. The van der Waals surface area contributed by atoms with Crippen LogP contribution in [0.25, 0.3) is 0 Å². The molecule has 2 aromatic rings. The fourth-order valence-electron chi connectivity index (χ4n) is 1.99. The molecule has 0 unspecified atom stereocenters. The van der Waals surface area contributed by atoms with Crippen molar-refractivity contribution in [2.24, 2.45) is 12.8 Å². The van der Waals surface area contributed by atoms with Gasteiger partial charge in [0.15, 0.2) is 0 Å². The van der Waals surface area contributed by atoms with Gasteiger partial charge in [-0.1, -0.05) is 15.9 Å². The van der Waals surface area contributed by atoms with Crippen LogP contribution in [0.1, 0.15) is 17.0 Å². The molecular formula is C14H18BrN3O. The van der Waals surface area contributed by atoms with Gasteiger partial charge >= 0.3 is 0 Å². The van der Waals surface area contributed by atoms with Crippen molar-refractivity contribution in [2.45, 2.75) is 20.0 Å². The van der Waals surface area contributed by atoms with Crippen molar-refractivity contribution in [1.29, 1.82) is 0 Å². The van der Waals surface area contributed by atoms with E-state index in [1.54, 1.807) is 0 Å². The Morgan fingerprint density at radius 2 is 2.16 bits per heavy atom. The molecule has 0 atom stereocenters. The topological polar surface area (TPSA) is 53.1 Å². The fraction of sp³-hybridized carbons (Fsp3) is 0.357. The molecule has 0 spiro atoms. The van der Waals surface area contributed by atoms with Crippen LogP contribution >= 0.6 is 15.9 Å². The van der Waals surface area contributed by atoms with Crippen molar-refractivity contribution in [2.75, 3.05) is 6.54 Å². The third-order valence-electron chi connectivity index (χ3n) is 2.91. The summed E-state index contributed by atoms with van der Waals surface area (Å²) in [7, 11) is 1.92. The summed E-state index contributed by atoms with van der Waals surface area (Å²) in [6.07, 6.45) is 0.805. The molecule has 0 aliphatic heterocycles. The maximum Gasteiger partial charge on any atom is 0.130 e. The summed E-state index contributed by atoms with van der Waals surface area (Å²) in [6.45, 7) is 3.09. The van der Waals surface area contributed by atoms with E-state index in [4.69, 9.17) is 10.5 Å². The van der Waals surface area contributed by atoms with E-state index in [2.05, 4.69) is 27.1 Å². The molecule has 102 valence electrons. The molecule has 2 rings (SSSR count). The molecule has 0 aliphatic rings. The zero-order chi connectivity index (χ0) is 13.8. The van der Waals surface area contributed by atoms with Gasteiger partial charge in [-0.05, 0) is 49.7 Å². The number of nitrogens with two attached hydrogens (primary N) is 1. The molecular weight excluding hydrogens is 306 g/mol. The summed E-state index contributed by atoms with van der Waals surface area (Å²) < 4.78 is 8.77. The molecule has 4 nitrogen and oxygen atoms in total. The molecule has 1 aromatic heterocycles. The third-order valence-corrected chi connectivity index (χ3v) is 3.40. The van der Waals surface area contributed by atoms with E-state index in [-0.39, 0.29) is 0 Å². The van der Waals surface area contributed by atoms with Crippen LogP contribution in [0.2, 0.25) is 0 Å². The van der Waals surface area contributed by atoms with E-state index in [9.17, 15) is 0 Å². The van der Waals surface area contributed by atoms with E-state index >= 15 is 0 Å². The highest BCUT2D eigenvalue weighted by Crippen LogP contribution is 2.24. The Kier molecular flexibility index (Phi) is 4.61. The van der Waals surface area contributed by atoms with E-state index in [1.165, 1.54) is 0 Å². The summed E-state index contributed by atoms with van der Waals surface area (Å²) in [6, 6.07) is 8.03. The molecule has 0 amide bonds. The van der Waals surface area contributed by atoms with Crippen LogP contribution in [-0.4, -0.2) is 16.3 Å². The Hall–Kier alpha value is -1.33. The lowest BCUT2D eigenvalue weighted by molar-refractivity contribution is 0.292. The molecule has 5 heteroatoms. The molecule has 1 aromatic carbocycles. The smallest absolute Gasteiger partial charge is 0.130 e. The number of hydrogen-bond donors (Lipinski definition) is 1. The second-order valence-electron chi connectivity index (χ2n) is 4.48. The van der Waals surface area contributed by atoms with E-state index in [0.29, 0.717) is 13.2 Å². The zero-order valence-corrected chi connectivity index (χ0v) is 12.8. The molecule has 2 N–H and O–H groups in total. The van der Waals surface area contributed by atoms with Crippen molar-refractivity contribution in [3.05, 3.63) is 45.7 Å². The number of aryl methyl sites for hydroxylation is 2. The number of halogens is 1. The lowest BCUT2D eigenvalue weighted by Gasteiger charge is -2.11. The third kappa shape index (κ3) is 3.58. The van der Waals surface area contributed by atoms with Crippen LogP contribution in [-0.2, 0) is 20.1 Å². The second kappa shape index (κ2) is 6.21. The monoisotopic (exact) mass is 323 g/mol. The average molecular weight is 324 g/mol. The van der Waals surface area contributed by atoms with Crippen LogP contribution in [0, 0.1) is 6.92 Å².